The van der Waals surface area contributed by atoms with Crippen molar-refractivity contribution in [1.29, 1.82) is 0 Å². The quantitative estimate of drug-likeness (QED) is 0.921. The van der Waals surface area contributed by atoms with Crippen molar-refractivity contribution in [3.05, 3.63) is 33.9 Å². The maximum Gasteiger partial charge on any atom is 0.325 e. The number of aliphatic carboxylic acids is 1. The summed E-state index contributed by atoms with van der Waals surface area (Å²) in [6.07, 6.45) is 0. The lowest BCUT2D eigenvalue weighted by molar-refractivity contribution is -0.145. The second kappa shape index (κ2) is 5.94. The highest BCUT2D eigenvalue weighted by Crippen LogP contribution is 2.31. The van der Waals surface area contributed by atoms with Crippen LogP contribution in [0.25, 0.3) is 0 Å². The van der Waals surface area contributed by atoms with Crippen LogP contribution in [0.1, 0.15) is 33.9 Å². The van der Waals surface area contributed by atoms with Crippen molar-refractivity contribution in [2.75, 3.05) is 26.3 Å². The lowest BCUT2D eigenvalue weighted by atomic mass is 9.89. The molecule has 1 unspecified atom stereocenters. The highest BCUT2D eigenvalue weighted by molar-refractivity contribution is 5.77. The molecule has 4 heteroatoms. The molecular weight excluding hydrogens is 254 g/mol. The maximum atomic E-state index is 11.8. The first-order valence-corrected chi connectivity index (χ1v) is 7.05. The van der Waals surface area contributed by atoms with Crippen molar-refractivity contribution in [1.82, 2.24) is 4.90 Å². The smallest absolute Gasteiger partial charge is 0.325 e. The number of benzene rings is 1. The average molecular weight is 277 g/mol. The molecule has 0 aliphatic carbocycles. The molecule has 1 atom stereocenters. The molecule has 0 saturated carbocycles. The zero-order chi connectivity index (χ0) is 14.9. The number of ether oxygens (including phenoxy) is 1. The lowest BCUT2D eigenvalue weighted by Crippen LogP contribution is -2.42. The van der Waals surface area contributed by atoms with E-state index in [0.717, 1.165) is 27.8 Å². The van der Waals surface area contributed by atoms with Crippen LogP contribution in [0.5, 0.6) is 0 Å². The van der Waals surface area contributed by atoms with E-state index in [4.69, 9.17) is 4.74 Å². The minimum absolute atomic E-state index is 0.572. The van der Waals surface area contributed by atoms with Crippen molar-refractivity contribution in [3.63, 3.8) is 0 Å². The number of nitrogens with zero attached hydrogens (tertiary/aromatic N) is 1. The lowest BCUT2D eigenvalue weighted by Gasteiger charge is -2.34. The van der Waals surface area contributed by atoms with E-state index in [2.05, 4.69) is 6.07 Å². The number of hydrogen-bond donors (Lipinski definition) is 1. The molecule has 1 aromatic carbocycles. The van der Waals surface area contributed by atoms with Crippen LogP contribution in [0.4, 0.5) is 0 Å². The minimum Gasteiger partial charge on any atom is -0.480 e. The molecule has 0 aromatic heterocycles. The molecule has 110 valence electrons. The molecule has 2 rings (SSSR count). The van der Waals surface area contributed by atoms with Crippen LogP contribution in [-0.2, 0) is 9.53 Å². The van der Waals surface area contributed by atoms with Crippen molar-refractivity contribution in [2.24, 2.45) is 0 Å². The molecule has 1 heterocycles. The summed E-state index contributed by atoms with van der Waals surface area (Å²) >= 11 is 0. The molecule has 1 aliphatic heterocycles. The van der Waals surface area contributed by atoms with E-state index in [1.807, 2.05) is 32.6 Å². The first kappa shape index (κ1) is 15.0. The summed E-state index contributed by atoms with van der Waals surface area (Å²) in [5.74, 6) is -0.775. The normalized spacial score (nSPS) is 18.0. The summed E-state index contributed by atoms with van der Waals surface area (Å²) in [7, 11) is 0. The van der Waals surface area contributed by atoms with Crippen LogP contribution in [0.15, 0.2) is 6.07 Å². The predicted molar refractivity (Wildman–Crippen MR) is 78.2 cm³/mol. The summed E-state index contributed by atoms with van der Waals surface area (Å²) in [4.78, 5) is 13.9. The van der Waals surface area contributed by atoms with Gasteiger partial charge in [-0.15, -0.1) is 0 Å². The molecule has 1 aromatic rings. The van der Waals surface area contributed by atoms with Gasteiger partial charge in [-0.2, -0.15) is 0 Å². The van der Waals surface area contributed by atoms with Crippen molar-refractivity contribution < 1.29 is 14.6 Å². The topological polar surface area (TPSA) is 49.8 Å². The molecule has 0 radical (unpaired) electrons. The summed E-state index contributed by atoms with van der Waals surface area (Å²) in [6.45, 7) is 10.7. The molecule has 1 saturated heterocycles. The fourth-order valence-corrected chi connectivity index (χ4v) is 2.96. The first-order chi connectivity index (χ1) is 9.43. The second-order valence-corrected chi connectivity index (χ2v) is 5.56. The number of morpholine rings is 1. The first-order valence-electron chi connectivity index (χ1n) is 7.05. The standard InChI is InChI=1S/C16H23NO3/c1-10-9-11(2)13(4)14(12(10)3)15(16(18)19)17-5-7-20-8-6-17/h9,15H,5-8H2,1-4H3,(H,18,19). The summed E-state index contributed by atoms with van der Waals surface area (Å²) in [5.41, 5.74) is 5.45. The van der Waals surface area contributed by atoms with E-state index in [9.17, 15) is 9.90 Å². The number of carbonyl (C=O) groups is 1. The van der Waals surface area contributed by atoms with Gasteiger partial charge in [-0.1, -0.05) is 6.07 Å². The second-order valence-electron chi connectivity index (χ2n) is 5.56. The van der Waals surface area contributed by atoms with E-state index in [-0.39, 0.29) is 0 Å². The molecule has 0 bridgehead atoms. The third kappa shape index (κ3) is 2.72. The van der Waals surface area contributed by atoms with E-state index in [1.54, 1.807) is 0 Å². The van der Waals surface area contributed by atoms with Gasteiger partial charge in [0.05, 0.1) is 13.2 Å². The molecule has 1 fully saturated rings. The van der Waals surface area contributed by atoms with Gasteiger partial charge in [-0.3, -0.25) is 9.69 Å². The van der Waals surface area contributed by atoms with Crippen molar-refractivity contribution >= 4 is 5.97 Å². The number of rotatable bonds is 3. The van der Waals surface area contributed by atoms with Gasteiger partial charge in [-0.05, 0) is 55.5 Å². The largest absolute Gasteiger partial charge is 0.480 e. The average Bonchev–Trinajstić information content (AvgIpc) is 2.42. The van der Waals surface area contributed by atoms with E-state index < -0.39 is 12.0 Å². The van der Waals surface area contributed by atoms with Gasteiger partial charge in [0.1, 0.15) is 6.04 Å². The van der Waals surface area contributed by atoms with Crippen LogP contribution >= 0.6 is 0 Å². The van der Waals surface area contributed by atoms with Crippen molar-refractivity contribution in [3.8, 4) is 0 Å². The zero-order valence-electron chi connectivity index (χ0n) is 12.7. The Morgan fingerprint density at radius 3 is 2.10 bits per heavy atom. The Labute approximate surface area is 120 Å². The third-order valence-electron chi connectivity index (χ3n) is 4.34. The van der Waals surface area contributed by atoms with Gasteiger partial charge in [0.2, 0.25) is 0 Å². The summed E-state index contributed by atoms with van der Waals surface area (Å²) < 4.78 is 5.34. The SMILES string of the molecule is Cc1cc(C)c(C)c(C(C(=O)O)N2CCOCC2)c1C. The number of carboxylic acid groups (broad SMARTS) is 1. The van der Waals surface area contributed by atoms with Gasteiger partial charge < -0.3 is 9.84 Å². The van der Waals surface area contributed by atoms with Gasteiger partial charge in [0, 0.05) is 13.1 Å². The monoisotopic (exact) mass is 277 g/mol. The molecule has 0 amide bonds. The Balaban J connectivity index is 2.51. The van der Waals surface area contributed by atoms with Gasteiger partial charge >= 0.3 is 5.97 Å². The number of hydrogen-bond acceptors (Lipinski definition) is 3. The molecule has 20 heavy (non-hydrogen) atoms. The Bertz CT molecular complexity index is 493. The zero-order valence-corrected chi connectivity index (χ0v) is 12.7. The maximum absolute atomic E-state index is 11.8. The molecular formula is C16H23NO3. The Hall–Kier alpha value is -1.39. The van der Waals surface area contributed by atoms with E-state index in [1.165, 1.54) is 0 Å². The van der Waals surface area contributed by atoms with Crippen LogP contribution in [-0.4, -0.2) is 42.3 Å². The molecule has 1 aliphatic rings. The van der Waals surface area contributed by atoms with E-state index in [0.29, 0.717) is 26.3 Å². The Morgan fingerprint density at radius 2 is 1.65 bits per heavy atom. The van der Waals surface area contributed by atoms with Crippen LogP contribution in [0.3, 0.4) is 0 Å². The Kier molecular flexibility index (Phi) is 4.45. The van der Waals surface area contributed by atoms with Gasteiger partial charge in [0.25, 0.3) is 0 Å². The summed E-state index contributed by atoms with van der Waals surface area (Å²) in [6, 6.07) is 1.56. The van der Waals surface area contributed by atoms with Crippen LogP contribution in [0.2, 0.25) is 0 Å². The van der Waals surface area contributed by atoms with Gasteiger partial charge in [0.15, 0.2) is 0 Å². The highest BCUT2D eigenvalue weighted by Gasteiger charge is 2.31. The van der Waals surface area contributed by atoms with Crippen LogP contribution in [0, 0.1) is 27.7 Å². The van der Waals surface area contributed by atoms with Crippen LogP contribution < -0.4 is 0 Å². The fourth-order valence-electron chi connectivity index (χ4n) is 2.96. The van der Waals surface area contributed by atoms with E-state index >= 15 is 0 Å². The molecule has 1 N–H and O–H groups in total. The summed E-state index contributed by atoms with van der Waals surface area (Å²) in [5, 5.41) is 9.73. The minimum atomic E-state index is -0.775. The highest BCUT2D eigenvalue weighted by atomic mass is 16.5. The number of aryl methyl sites for hydroxylation is 2. The fraction of sp³-hybridized carbons (Fsp3) is 0.562. The number of carboxylic acids is 1. The molecule has 4 nitrogen and oxygen atoms in total. The van der Waals surface area contributed by atoms with Gasteiger partial charge in [-0.25, -0.2) is 0 Å². The Morgan fingerprint density at radius 1 is 1.15 bits per heavy atom. The van der Waals surface area contributed by atoms with Crippen molar-refractivity contribution in [2.45, 2.75) is 33.7 Å². The molecule has 0 spiro atoms. The third-order valence-corrected chi connectivity index (χ3v) is 4.34. The predicted octanol–water partition coefficient (Wildman–Crippen LogP) is 2.38.